The quantitative estimate of drug-likeness (QED) is 0.791. The Balaban J connectivity index is 1.56. The molecule has 2 aliphatic heterocycles. The van der Waals surface area contributed by atoms with Gasteiger partial charge < -0.3 is 19.3 Å². The van der Waals surface area contributed by atoms with Crippen molar-refractivity contribution >= 4 is 17.7 Å². The summed E-state index contributed by atoms with van der Waals surface area (Å²) in [7, 11) is 2.08. The van der Waals surface area contributed by atoms with Crippen molar-refractivity contribution in [2.45, 2.75) is 6.54 Å². The molecule has 5 heteroatoms. The van der Waals surface area contributed by atoms with Crippen LogP contribution in [-0.4, -0.2) is 37.7 Å². The fourth-order valence-corrected chi connectivity index (χ4v) is 3.17. The number of likely N-dealkylation sites (N-methyl/N-ethyl adjacent to an activating group) is 1. The van der Waals surface area contributed by atoms with E-state index in [1.165, 1.54) is 5.56 Å². The highest BCUT2D eigenvalue weighted by molar-refractivity contribution is 6.04. The second-order valence-electron chi connectivity index (χ2n) is 6.30. The van der Waals surface area contributed by atoms with E-state index >= 15 is 0 Å². The lowest BCUT2D eigenvalue weighted by Crippen LogP contribution is -2.33. The van der Waals surface area contributed by atoms with Gasteiger partial charge in [-0.1, -0.05) is 24.3 Å². The van der Waals surface area contributed by atoms with Gasteiger partial charge in [0, 0.05) is 31.4 Å². The number of carbonyl (C=O) groups excluding carboxylic acids is 1. The van der Waals surface area contributed by atoms with E-state index in [0.717, 1.165) is 35.8 Å². The second-order valence-corrected chi connectivity index (χ2v) is 6.30. The van der Waals surface area contributed by atoms with Gasteiger partial charge in [0.05, 0.1) is 0 Å². The van der Waals surface area contributed by atoms with Crippen LogP contribution in [0.3, 0.4) is 0 Å². The first kappa shape index (κ1) is 15.7. The first-order valence-electron chi connectivity index (χ1n) is 8.36. The Labute approximate surface area is 147 Å². The number of fused-ring (bicyclic) bond motifs is 2. The van der Waals surface area contributed by atoms with Crippen molar-refractivity contribution in [2.24, 2.45) is 0 Å². The maximum absolute atomic E-state index is 12.8. The van der Waals surface area contributed by atoms with Crippen molar-refractivity contribution in [1.29, 1.82) is 0 Å². The number of anilines is 1. The minimum absolute atomic E-state index is 0.0135. The summed E-state index contributed by atoms with van der Waals surface area (Å²) >= 11 is 0. The van der Waals surface area contributed by atoms with Gasteiger partial charge in [0.1, 0.15) is 0 Å². The highest BCUT2D eigenvalue weighted by Crippen LogP contribution is 2.33. The van der Waals surface area contributed by atoms with E-state index in [4.69, 9.17) is 9.47 Å². The first-order valence-corrected chi connectivity index (χ1v) is 8.36. The third-order valence-corrected chi connectivity index (χ3v) is 4.51. The fourth-order valence-electron chi connectivity index (χ4n) is 3.17. The molecule has 0 aromatic heterocycles. The lowest BCUT2D eigenvalue weighted by atomic mass is 10.1. The topological polar surface area (TPSA) is 42.0 Å². The molecule has 4 rings (SSSR count). The minimum Gasteiger partial charge on any atom is -0.454 e. The zero-order valence-corrected chi connectivity index (χ0v) is 14.1. The highest BCUT2D eigenvalue weighted by atomic mass is 16.7. The largest absolute Gasteiger partial charge is 0.454 e. The molecule has 2 aromatic rings. The fraction of sp³-hybridized carbons (Fsp3) is 0.250. The van der Waals surface area contributed by atoms with Crippen LogP contribution in [-0.2, 0) is 11.3 Å². The van der Waals surface area contributed by atoms with Crippen LogP contribution in [0.1, 0.15) is 11.1 Å². The number of nitrogens with zero attached hydrogens (tertiary/aromatic N) is 2. The Hall–Kier alpha value is -2.79. The molecule has 0 atom stereocenters. The molecular weight excluding hydrogens is 316 g/mol. The maximum atomic E-state index is 12.8. The number of benzene rings is 2. The van der Waals surface area contributed by atoms with Gasteiger partial charge in [-0.2, -0.15) is 0 Å². The monoisotopic (exact) mass is 336 g/mol. The molecule has 0 fully saturated rings. The van der Waals surface area contributed by atoms with Gasteiger partial charge in [-0.25, -0.2) is 0 Å². The van der Waals surface area contributed by atoms with Crippen molar-refractivity contribution in [3.8, 4) is 11.5 Å². The van der Waals surface area contributed by atoms with Crippen molar-refractivity contribution in [3.63, 3.8) is 0 Å². The minimum atomic E-state index is -0.0135. The molecule has 0 bridgehead atoms. The molecule has 2 aliphatic rings. The molecule has 128 valence electrons. The van der Waals surface area contributed by atoms with Gasteiger partial charge in [-0.05, 0) is 42.4 Å². The Bertz CT molecular complexity index is 831. The summed E-state index contributed by atoms with van der Waals surface area (Å²) in [4.78, 5) is 16.9. The lowest BCUT2D eigenvalue weighted by molar-refractivity contribution is -0.114. The Kier molecular flexibility index (Phi) is 4.15. The smallest absolute Gasteiger partial charge is 0.251 e. The van der Waals surface area contributed by atoms with Gasteiger partial charge in [-0.15, -0.1) is 0 Å². The highest BCUT2D eigenvalue weighted by Gasteiger charge is 2.21. The standard InChI is InChI=1S/C20H20N2O3/c1-21-10-11-22(17-5-3-2-4-16(17)13-21)20(23)9-7-15-6-8-18-19(12-15)25-14-24-18/h2-9,12H,10-11,13-14H2,1H3. The van der Waals surface area contributed by atoms with E-state index in [2.05, 4.69) is 18.0 Å². The molecule has 2 heterocycles. The number of hydrogen-bond acceptors (Lipinski definition) is 4. The zero-order chi connectivity index (χ0) is 17.2. The van der Waals surface area contributed by atoms with Crippen molar-refractivity contribution < 1.29 is 14.3 Å². The van der Waals surface area contributed by atoms with Crippen LogP contribution in [0.25, 0.3) is 6.08 Å². The van der Waals surface area contributed by atoms with Gasteiger partial charge in [0.15, 0.2) is 11.5 Å². The van der Waals surface area contributed by atoms with Crippen LogP contribution in [0.5, 0.6) is 11.5 Å². The molecule has 0 saturated heterocycles. The van der Waals surface area contributed by atoms with E-state index in [9.17, 15) is 4.79 Å². The molecule has 1 amide bonds. The van der Waals surface area contributed by atoms with Gasteiger partial charge in [-0.3, -0.25) is 4.79 Å². The molecule has 0 radical (unpaired) electrons. The second kappa shape index (κ2) is 6.61. The first-order chi connectivity index (χ1) is 12.2. The predicted molar refractivity (Wildman–Crippen MR) is 96.7 cm³/mol. The van der Waals surface area contributed by atoms with Crippen LogP contribution in [0, 0.1) is 0 Å². The number of rotatable bonds is 2. The molecule has 2 aromatic carbocycles. The molecule has 0 spiro atoms. The van der Waals surface area contributed by atoms with E-state index in [-0.39, 0.29) is 12.7 Å². The molecule has 25 heavy (non-hydrogen) atoms. The third kappa shape index (κ3) is 3.23. The van der Waals surface area contributed by atoms with Crippen molar-refractivity contribution in [2.75, 3.05) is 31.8 Å². The number of para-hydroxylation sites is 1. The average molecular weight is 336 g/mol. The van der Waals surface area contributed by atoms with Gasteiger partial charge in [0.2, 0.25) is 6.79 Å². The van der Waals surface area contributed by atoms with Gasteiger partial charge in [0.25, 0.3) is 5.91 Å². The SMILES string of the molecule is CN1CCN(C(=O)C=Cc2ccc3c(c2)OCO3)c2ccccc2C1. The molecular formula is C20H20N2O3. The zero-order valence-electron chi connectivity index (χ0n) is 14.1. The Morgan fingerprint density at radius 1 is 1.08 bits per heavy atom. The molecule has 0 N–H and O–H groups in total. The van der Waals surface area contributed by atoms with E-state index in [1.807, 2.05) is 47.4 Å². The van der Waals surface area contributed by atoms with Crippen molar-refractivity contribution in [3.05, 3.63) is 59.7 Å². The molecule has 0 unspecified atom stereocenters. The summed E-state index contributed by atoms with van der Waals surface area (Å²) in [5.74, 6) is 1.45. The van der Waals surface area contributed by atoms with Crippen LogP contribution in [0.4, 0.5) is 5.69 Å². The Morgan fingerprint density at radius 2 is 1.92 bits per heavy atom. The normalized spacial score (nSPS) is 16.8. The summed E-state index contributed by atoms with van der Waals surface area (Å²) in [6.07, 6.45) is 3.45. The van der Waals surface area contributed by atoms with Crippen LogP contribution in [0.15, 0.2) is 48.5 Å². The van der Waals surface area contributed by atoms with E-state index in [1.54, 1.807) is 6.08 Å². The third-order valence-electron chi connectivity index (χ3n) is 4.51. The van der Waals surface area contributed by atoms with E-state index < -0.39 is 0 Å². The van der Waals surface area contributed by atoms with Crippen LogP contribution < -0.4 is 14.4 Å². The Morgan fingerprint density at radius 3 is 2.84 bits per heavy atom. The lowest BCUT2D eigenvalue weighted by Gasteiger charge is -2.21. The van der Waals surface area contributed by atoms with E-state index in [0.29, 0.717) is 6.54 Å². The number of hydrogen-bond donors (Lipinski definition) is 0. The van der Waals surface area contributed by atoms with Crippen LogP contribution in [0.2, 0.25) is 0 Å². The van der Waals surface area contributed by atoms with Crippen molar-refractivity contribution in [1.82, 2.24) is 4.90 Å². The number of amides is 1. The van der Waals surface area contributed by atoms with Crippen LogP contribution >= 0.6 is 0 Å². The predicted octanol–water partition coefficient (Wildman–Crippen LogP) is 2.91. The summed E-state index contributed by atoms with van der Waals surface area (Å²) < 4.78 is 10.7. The summed E-state index contributed by atoms with van der Waals surface area (Å²) in [5, 5.41) is 0. The molecule has 5 nitrogen and oxygen atoms in total. The molecule has 0 aliphatic carbocycles. The number of carbonyl (C=O) groups is 1. The number of ether oxygens (including phenoxy) is 2. The average Bonchev–Trinajstić information content (AvgIpc) is 3.02. The molecule has 0 saturated carbocycles. The summed E-state index contributed by atoms with van der Waals surface area (Å²) in [6.45, 7) is 2.63. The summed E-state index contributed by atoms with van der Waals surface area (Å²) in [5.41, 5.74) is 3.08. The summed E-state index contributed by atoms with van der Waals surface area (Å²) in [6, 6.07) is 13.8. The van der Waals surface area contributed by atoms with Gasteiger partial charge >= 0.3 is 0 Å². The maximum Gasteiger partial charge on any atom is 0.251 e.